The molecule has 0 radical (unpaired) electrons. The van der Waals surface area contributed by atoms with Gasteiger partial charge in [-0.2, -0.15) is 5.10 Å². The number of hydrogen-bond acceptors (Lipinski definition) is 3. The van der Waals surface area contributed by atoms with E-state index in [4.69, 9.17) is 5.73 Å². The highest BCUT2D eigenvalue weighted by atomic mass is 15.3. The molecule has 100 valence electrons. The third-order valence-corrected chi connectivity index (χ3v) is 3.67. The molecule has 1 aromatic carbocycles. The molecule has 0 unspecified atom stereocenters. The van der Waals surface area contributed by atoms with E-state index in [1.807, 2.05) is 10.7 Å². The van der Waals surface area contributed by atoms with Gasteiger partial charge in [0, 0.05) is 12.6 Å². The zero-order valence-electron chi connectivity index (χ0n) is 11.5. The van der Waals surface area contributed by atoms with Crippen molar-refractivity contribution in [2.75, 3.05) is 12.3 Å². The maximum Gasteiger partial charge on any atom is 0.127 e. The Hall–Kier alpha value is -1.81. The van der Waals surface area contributed by atoms with Crippen LogP contribution >= 0.6 is 0 Å². The fourth-order valence-electron chi connectivity index (χ4n) is 2.50. The lowest BCUT2D eigenvalue weighted by Crippen LogP contribution is -2.23. The quantitative estimate of drug-likeness (QED) is 0.866. The Morgan fingerprint density at radius 1 is 1.26 bits per heavy atom. The van der Waals surface area contributed by atoms with Crippen molar-refractivity contribution in [1.82, 2.24) is 15.1 Å². The van der Waals surface area contributed by atoms with Gasteiger partial charge >= 0.3 is 0 Å². The predicted octanol–water partition coefficient (Wildman–Crippen LogP) is 2.22. The molecule has 0 saturated heterocycles. The molecule has 2 heterocycles. The normalized spacial score (nSPS) is 14.7. The zero-order valence-corrected chi connectivity index (χ0v) is 11.5. The van der Waals surface area contributed by atoms with Crippen LogP contribution in [0.2, 0.25) is 0 Å². The highest BCUT2D eigenvalue weighted by molar-refractivity contribution is 5.47. The van der Waals surface area contributed by atoms with Gasteiger partial charge in [0.15, 0.2) is 0 Å². The lowest BCUT2D eigenvalue weighted by Gasteiger charge is -2.18. The van der Waals surface area contributed by atoms with Crippen molar-refractivity contribution in [2.24, 2.45) is 0 Å². The Labute approximate surface area is 113 Å². The SMILES string of the molecule is CC(C)c1cc(N)n(-c2ccc3c(c2)CCNC3)n1. The topological polar surface area (TPSA) is 55.9 Å². The fourth-order valence-corrected chi connectivity index (χ4v) is 2.50. The van der Waals surface area contributed by atoms with Crippen molar-refractivity contribution in [3.8, 4) is 5.69 Å². The van der Waals surface area contributed by atoms with Gasteiger partial charge in [-0.3, -0.25) is 0 Å². The molecule has 1 aromatic heterocycles. The average Bonchev–Trinajstić information content (AvgIpc) is 2.80. The molecule has 0 bridgehead atoms. The van der Waals surface area contributed by atoms with Crippen LogP contribution in [0.1, 0.15) is 36.6 Å². The Kier molecular flexibility index (Phi) is 3.03. The number of rotatable bonds is 2. The minimum atomic E-state index is 0.394. The molecule has 1 aliphatic rings. The van der Waals surface area contributed by atoms with Crippen molar-refractivity contribution in [2.45, 2.75) is 32.7 Å². The molecule has 0 saturated carbocycles. The van der Waals surface area contributed by atoms with Gasteiger partial charge in [0.2, 0.25) is 0 Å². The minimum Gasteiger partial charge on any atom is -0.384 e. The van der Waals surface area contributed by atoms with Crippen molar-refractivity contribution in [3.63, 3.8) is 0 Å². The lowest BCUT2D eigenvalue weighted by atomic mass is 10.0. The summed E-state index contributed by atoms with van der Waals surface area (Å²) in [4.78, 5) is 0. The molecular formula is C15H20N4. The van der Waals surface area contributed by atoms with Crippen LogP contribution in [0.25, 0.3) is 5.69 Å². The molecule has 1 aliphatic heterocycles. The summed E-state index contributed by atoms with van der Waals surface area (Å²) < 4.78 is 1.84. The van der Waals surface area contributed by atoms with Gasteiger partial charge in [-0.05, 0) is 42.1 Å². The third kappa shape index (κ3) is 2.24. The van der Waals surface area contributed by atoms with Crippen LogP contribution in [-0.4, -0.2) is 16.3 Å². The van der Waals surface area contributed by atoms with Gasteiger partial charge in [0.1, 0.15) is 5.82 Å². The largest absolute Gasteiger partial charge is 0.384 e. The zero-order chi connectivity index (χ0) is 13.4. The molecule has 0 spiro atoms. The molecule has 3 N–H and O–H groups in total. The average molecular weight is 256 g/mol. The van der Waals surface area contributed by atoms with E-state index in [0.717, 1.165) is 30.9 Å². The van der Waals surface area contributed by atoms with Gasteiger partial charge in [-0.15, -0.1) is 0 Å². The summed E-state index contributed by atoms with van der Waals surface area (Å²) in [6, 6.07) is 8.45. The summed E-state index contributed by atoms with van der Waals surface area (Å²) in [7, 11) is 0. The number of nitrogens with two attached hydrogens (primary N) is 1. The number of nitrogen functional groups attached to an aromatic ring is 1. The third-order valence-electron chi connectivity index (χ3n) is 3.67. The second kappa shape index (κ2) is 4.70. The molecule has 4 heteroatoms. The molecule has 0 atom stereocenters. The summed E-state index contributed by atoms with van der Waals surface area (Å²) in [5.41, 5.74) is 11.0. The first kappa shape index (κ1) is 12.2. The molecule has 19 heavy (non-hydrogen) atoms. The number of anilines is 1. The first-order valence-electron chi connectivity index (χ1n) is 6.83. The van der Waals surface area contributed by atoms with E-state index < -0.39 is 0 Å². The van der Waals surface area contributed by atoms with Gasteiger partial charge in [-0.25, -0.2) is 4.68 Å². The Balaban J connectivity index is 2.02. The lowest BCUT2D eigenvalue weighted by molar-refractivity contribution is 0.642. The van der Waals surface area contributed by atoms with Crippen LogP contribution < -0.4 is 11.1 Å². The Bertz CT molecular complexity index is 598. The number of hydrogen-bond donors (Lipinski definition) is 2. The van der Waals surface area contributed by atoms with E-state index >= 15 is 0 Å². The van der Waals surface area contributed by atoms with E-state index in [9.17, 15) is 0 Å². The van der Waals surface area contributed by atoms with Crippen LogP contribution in [0.5, 0.6) is 0 Å². The second-order valence-corrected chi connectivity index (χ2v) is 5.44. The second-order valence-electron chi connectivity index (χ2n) is 5.44. The number of aromatic nitrogens is 2. The number of fused-ring (bicyclic) bond motifs is 1. The molecule has 2 aromatic rings. The molecular weight excluding hydrogens is 236 g/mol. The maximum atomic E-state index is 6.08. The monoisotopic (exact) mass is 256 g/mol. The minimum absolute atomic E-state index is 0.394. The summed E-state index contributed by atoms with van der Waals surface area (Å²) in [6.45, 7) is 6.26. The van der Waals surface area contributed by atoms with E-state index in [2.05, 4.69) is 42.5 Å². The number of nitrogens with one attached hydrogen (secondary N) is 1. The summed E-state index contributed by atoms with van der Waals surface area (Å²) >= 11 is 0. The Morgan fingerprint density at radius 2 is 2.11 bits per heavy atom. The molecule has 3 rings (SSSR count). The number of nitrogens with zero attached hydrogens (tertiary/aromatic N) is 2. The van der Waals surface area contributed by atoms with Crippen molar-refractivity contribution < 1.29 is 0 Å². The van der Waals surface area contributed by atoms with Gasteiger partial charge in [0.05, 0.1) is 11.4 Å². The first-order valence-corrected chi connectivity index (χ1v) is 6.83. The molecule has 0 aliphatic carbocycles. The first-order chi connectivity index (χ1) is 9.15. The molecule has 0 fully saturated rings. The standard InChI is InChI=1S/C15H20N4/c1-10(2)14-8-15(16)19(18-14)13-4-3-12-9-17-6-5-11(12)7-13/h3-4,7-8,10,17H,5-6,9,16H2,1-2H3. The van der Waals surface area contributed by atoms with Crippen LogP contribution in [-0.2, 0) is 13.0 Å². The predicted molar refractivity (Wildman–Crippen MR) is 77.5 cm³/mol. The summed E-state index contributed by atoms with van der Waals surface area (Å²) in [5.74, 6) is 1.10. The highest BCUT2D eigenvalue weighted by Crippen LogP contribution is 2.23. The van der Waals surface area contributed by atoms with E-state index in [1.165, 1.54) is 11.1 Å². The number of benzene rings is 1. The van der Waals surface area contributed by atoms with Crippen molar-refractivity contribution in [3.05, 3.63) is 41.1 Å². The highest BCUT2D eigenvalue weighted by Gasteiger charge is 2.13. The van der Waals surface area contributed by atoms with Crippen LogP contribution in [0.3, 0.4) is 0 Å². The van der Waals surface area contributed by atoms with Crippen LogP contribution in [0, 0.1) is 0 Å². The Morgan fingerprint density at radius 3 is 2.84 bits per heavy atom. The fraction of sp³-hybridized carbons (Fsp3) is 0.400. The smallest absolute Gasteiger partial charge is 0.127 e. The summed E-state index contributed by atoms with van der Waals surface area (Å²) in [6.07, 6.45) is 1.07. The van der Waals surface area contributed by atoms with Gasteiger partial charge < -0.3 is 11.1 Å². The maximum absolute atomic E-state index is 6.08. The van der Waals surface area contributed by atoms with Crippen LogP contribution in [0.15, 0.2) is 24.3 Å². The summed E-state index contributed by atoms with van der Waals surface area (Å²) in [5, 5.41) is 7.99. The van der Waals surface area contributed by atoms with E-state index in [1.54, 1.807) is 0 Å². The van der Waals surface area contributed by atoms with Crippen molar-refractivity contribution >= 4 is 5.82 Å². The van der Waals surface area contributed by atoms with Crippen LogP contribution in [0.4, 0.5) is 5.82 Å². The van der Waals surface area contributed by atoms with E-state index in [-0.39, 0.29) is 0 Å². The molecule has 0 amide bonds. The molecule has 4 nitrogen and oxygen atoms in total. The van der Waals surface area contributed by atoms with Crippen molar-refractivity contribution in [1.29, 1.82) is 0 Å². The van der Waals surface area contributed by atoms with Gasteiger partial charge in [-0.1, -0.05) is 19.9 Å². The van der Waals surface area contributed by atoms with E-state index in [0.29, 0.717) is 11.7 Å². The van der Waals surface area contributed by atoms with Gasteiger partial charge in [0.25, 0.3) is 0 Å².